The van der Waals surface area contributed by atoms with Gasteiger partial charge in [0.1, 0.15) is 24.6 Å². The van der Waals surface area contributed by atoms with Crippen LogP contribution in [0.1, 0.15) is 16.7 Å². The molecule has 1 aliphatic rings. The number of nitrogens with zero attached hydrogens (tertiary/aromatic N) is 1. The fourth-order valence-corrected chi connectivity index (χ4v) is 2.70. The lowest BCUT2D eigenvalue weighted by Gasteiger charge is -2.09. The minimum Gasteiger partial charge on any atom is -0.489 e. The standard InChI is InChI=1S/C21H20N2O5/c1-14-4-3-5-16(10-14)13-28-17-8-6-15(7-9-17)11-18-20(25)23(21(26)22-18)12-19(24)27-2/h3-11H,12-13H2,1-2H3,(H,22,26)/b18-11+. The highest BCUT2D eigenvalue weighted by molar-refractivity contribution is 6.15. The largest absolute Gasteiger partial charge is 0.489 e. The summed E-state index contributed by atoms with van der Waals surface area (Å²) in [7, 11) is 1.19. The van der Waals surface area contributed by atoms with Crippen LogP contribution in [0.4, 0.5) is 4.79 Å². The van der Waals surface area contributed by atoms with Gasteiger partial charge in [-0.3, -0.25) is 9.59 Å². The molecule has 28 heavy (non-hydrogen) atoms. The lowest BCUT2D eigenvalue weighted by Crippen LogP contribution is -2.36. The summed E-state index contributed by atoms with van der Waals surface area (Å²) >= 11 is 0. The van der Waals surface area contributed by atoms with Gasteiger partial charge in [0.05, 0.1) is 7.11 Å². The fraction of sp³-hybridized carbons (Fsp3) is 0.190. The summed E-state index contributed by atoms with van der Waals surface area (Å²) in [5.41, 5.74) is 3.07. The third kappa shape index (κ3) is 4.56. The molecule has 7 nitrogen and oxygen atoms in total. The van der Waals surface area contributed by atoms with E-state index in [1.165, 1.54) is 12.7 Å². The Kier molecular flexibility index (Phi) is 5.74. The van der Waals surface area contributed by atoms with Crippen LogP contribution in [0, 0.1) is 6.92 Å². The molecule has 3 rings (SSSR count). The van der Waals surface area contributed by atoms with Gasteiger partial charge in [0, 0.05) is 0 Å². The third-order valence-electron chi connectivity index (χ3n) is 4.16. The van der Waals surface area contributed by atoms with Crippen molar-refractivity contribution < 1.29 is 23.9 Å². The zero-order valence-electron chi connectivity index (χ0n) is 15.6. The number of hydrogen-bond donors (Lipinski definition) is 1. The smallest absolute Gasteiger partial charge is 0.329 e. The molecule has 0 aromatic heterocycles. The maximum absolute atomic E-state index is 12.3. The molecule has 0 unspecified atom stereocenters. The van der Waals surface area contributed by atoms with E-state index in [9.17, 15) is 14.4 Å². The SMILES string of the molecule is COC(=O)CN1C(=O)N/C(=C/c2ccc(OCc3cccc(C)c3)cc2)C1=O. The monoisotopic (exact) mass is 380 g/mol. The number of amides is 3. The molecule has 1 fully saturated rings. The van der Waals surface area contributed by atoms with Crippen molar-refractivity contribution in [1.29, 1.82) is 0 Å². The summed E-state index contributed by atoms with van der Waals surface area (Å²) in [5, 5.41) is 2.46. The van der Waals surface area contributed by atoms with Gasteiger partial charge in [-0.25, -0.2) is 9.69 Å². The van der Waals surface area contributed by atoms with Crippen LogP contribution in [-0.4, -0.2) is 36.5 Å². The first-order valence-electron chi connectivity index (χ1n) is 8.66. The molecule has 3 amide bonds. The molecule has 1 heterocycles. The molecular formula is C21H20N2O5. The van der Waals surface area contributed by atoms with Gasteiger partial charge in [0.25, 0.3) is 5.91 Å². The molecule has 0 radical (unpaired) electrons. The number of esters is 1. The van der Waals surface area contributed by atoms with Crippen LogP contribution in [0.3, 0.4) is 0 Å². The number of imide groups is 1. The molecule has 144 valence electrons. The Morgan fingerprint density at radius 3 is 2.57 bits per heavy atom. The molecule has 0 aliphatic carbocycles. The number of carbonyl (C=O) groups excluding carboxylic acids is 3. The first-order valence-corrected chi connectivity index (χ1v) is 8.66. The second kappa shape index (κ2) is 8.39. The molecule has 1 N–H and O–H groups in total. The van der Waals surface area contributed by atoms with Gasteiger partial charge in [0.2, 0.25) is 0 Å². The van der Waals surface area contributed by atoms with Crippen LogP contribution in [0.5, 0.6) is 5.75 Å². The van der Waals surface area contributed by atoms with Crippen LogP contribution in [0.2, 0.25) is 0 Å². The Labute approximate surface area is 162 Å². The van der Waals surface area contributed by atoms with Crippen molar-refractivity contribution in [2.45, 2.75) is 13.5 Å². The number of hydrogen-bond acceptors (Lipinski definition) is 5. The summed E-state index contributed by atoms with van der Waals surface area (Å²) in [4.78, 5) is 36.2. The maximum atomic E-state index is 12.3. The van der Waals surface area contributed by atoms with Crippen LogP contribution >= 0.6 is 0 Å². The first-order chi connectivity index (χ1) is 13.5. The van der Waals surface area contributed by atoms with Crippen molar-refractivity contribution in [3.8, 4) is 5.75 Å². The van der Waals surface area contributed by atoms with E-state index >= 15 is 0 Å². The third-order valence-corrected chi connectivity index (χ3v) is 4.16. The molecule has 2 aromatic carbocycles. The Bertz CT molecular complexity index is 934. The van der Waals surface area contributed by atoms with Crippen molar-refractivity contribution in [2.75, 3.05) is 13.7 Å². The van der Waals surface area contributed by atoms with E-state index in [1.807, 2.05) is 25.1 Å². The molecule has 0 bridgehead atoms. The van der Waals surface area contributed by atoms with Gasteiger partial charge in [-0.2, -0.15) is 0 Å². The average Bonchev–Trinajstić information content (AvgIpc) is 2.94. The maximum Gasteiger partial charge on any atom is 0.329 e. The lowest BCUT2D eigenvalue weighted by atomic mass is 10.1. The highest BCUT2D eigenvalue weighted by Crippen LogP contribution is 2.18. The molecule has 0 atom stereocenters. The van der Waals surface area contributed by atoms with E-state index in [1.54, 1.807) is 30.3 Å². The number of carbonyl (C=O) groups is 3. The quantitative estimate of drug-likeness (QED) is 0.473. The summed E-state index contributed by atoms with van der Waals surface area (Å²) < 4.78 is 10.3. The van der Waals surface area contributed by atoms with E-state index in [4.69, 9.17) is 4.74 Å². The number of rotatable bonds is 6. The van der Waals surface area contributed by atoms with Gasteiger partial charge >= 0.3 is 12.0 Å². The van der Waals surface area contributed by atoms with Crippen molar-refractivity contribution in [3.63, 3.8) is 0 Å². The van der Waals surface area contributed by atoms with E-state index in [0.29, 0.717) is 17.9 Å². The molecule has 2 aromatic rings. The van der Waals surface area contributed by atoms with Crippen molar-refractivity contribution in [1.82, 2.24) is 10.2 Å². The summed E-state index contributed by atoms with van der Waals surface area (Å²) in [6.07, 6.45) is 1.54. The number of nitrogens with one attached hydrogen (secondary N) is 1. The van der Waals surface area contributed by atoms with Gasteiger partial charge in [-0.15, -0.1) is 0 Å². The number of benzene rings is 2. The molecule has 0 saturated carbocycles. The van der Waals surface area contributed by atoms with E-state index < -0.39 is 24.5 Å². The lowest BCUT2D eigenvalue weighted by molar-refractivity contribution is -0.143. The van der Waals surface area contributed by atoms with E-state index in [2.05, 4.69) is 16.1 Å². The second-order valence-corrected chi connectivity index (χ2v) is 6.30. The highest BCUT2D eigenvalue weighted by atomic mass is 16.5. The van der Waals surface area contributed by atoms with Gasteiger partial charge in [-0.1, -0.05) is 42.0 Å². The van der Waals surface area contributed by atoms with Crippen LogP contribution < -0.4 is 10.1 Å². The molecule has 0 spiro atoms. The van der Waals surface area contributed by atoms with Crippen molar-refractivity contribution in [2.24, 2.45) is 0 Å². The van der Waals surface area contributed by atoms with Gasteiger partial charge in [0.15, 0.2) is 0 Å². The molecular weight excluding hydrogens is 360 g/mol. The molecule has 1 saturated heterocycles. The number of methoxy groups -OCH3 is 1. The Morgan fingerprint density at radius 1 is 1.14 bits per heavy atom. The van der Waals surface area contributed by atoms with Crippen molar-refractivity contribution >= 4 is 24.0 Å². The zero-order chi connectivity index (χ0) is 20.1. The van der Waals surface area contributed by atoms with Gasteiger partial charge < -0.3 is 14.8 Å². The number of ether oxygens (including phenoxy) is 2. The minimum atomic E-state index is -0.667. The van der Waals surface area contributed by atoms with Crippen LogP contribution in [0.25, 0.3) is 6.08 Å². The summed E-state index contributed by atoms with van der Waals surface area (Å²) in [5.74, 6) is -0.548. The minimum absolute atomic E-state index is 0.0994. The summed E-state index contributed by atoms with van der Waals surface area (Å²) in [6, 6.07) is 14.6. The van der Waals surface area contributed by atoms with Crippen molar-refractivity contribution in [3.05, 3.63) is 70.9 Å². The fourth-order valence-electron chi connectivity index (χ4n) is 2.70. The average molecular weight is 380 g/mol. The van der Waals surface area contributed by atoms with E-state index in [-0.39, 0.29) is 5.70 Å². The van der Waals surface area contributed by atoms with Crippen LogP contribution in [-0.2, 0) is 20.9 Å². The van der Waals surface area contributed by atoms with Gasteiger partial charge in [-0.05, 0) is 36.3 Å². The molecule has 7 heteroatoms. The normalized spacial score (nSPS) is 14.9. The molecule has 1 aliphatic heterocycles. The highest BCUT2D eigenvalue weighted by Gasteiger charge is 2.35. The predicted octanol–water partition coefficient (Wildman–Crippen LogP) is 2.64. The van der Waals surface area contributed by atoms with E-state index in [0.717, 1.165) is 10.5 Å². The Balaban J connectivity index is 1.64. The Morgan fingerprint density at radius 2 is 1.89 bits per heavy atom. The summed E-state index contributed by atoms with van der Waals surface area (Å²) in [6.45, 7) is 2.06. The second-order valence-electron chi connectivity index (χ2n) is 6.30. The van der Waals surface area contributed by atoms with Crippen LogP contribution in [0.15, 0.2) is 54.2 Å². The number of aryl methyl sites for hydroxylation is 1. The number of urea groups is 1. The first kappa shape index (κ1) is 19.2. The topological polar surface area (TPSA) is 84.9 Å². The Hall–Kier alpha value is -3.61. The predicted molar refractivity (Wildman–Crippen MR) is 102 cm³/mol. The zero-order valence-corrected chi connectivity index (χ0v) is 15.6.